The van der Waals surface area contributed by atoms with Gasteiger partial charge < -0.3 is 9.84 Å². The van der Waals surface area contributed by atoms with Gasteiger partial charge >= 0.3 is 18.1 Å². The number of ether oxygens (including phenoxy) is 1. The summed E-state index contributed by atoms with van der Waals surface area (Å²) >= 11 is 6.08. The van der Waals surface area contributed by atoms with Gasteiger partial charge in [-0.1, -0.05) is 11.6 Å². The van der Waals surface area contributed by atoms with Gasteiger partial charge in [0.25, 0.3) is 0 Å². The Balaban J connectivity index is 2.41. The molecule has 7 nitrogen and oxygen atoms in total. The largest absolute Gasteiger partial charge is 0.478 e. The number of aromatic nitrogens is 3. The molecule has 0 aromatic carbocycles. The summed E-state index contributed by atoms with van der Waals surface area (Å²) in [6.07, 6.45) is -4.26. The maximum Gasteiger partial charge on any atom is 0.389 e. The monoisotopic (exact) mass is 379 g/mol. The quantitative estimate of drug-likeness (QED) is 0.774. The number of carboxylic acid groups (broad SMARTS) is 1. The lowest BCUT2D eigenvalue weighted by atomic mass is 10.1. The van der Waals surface area contributed by atoms with Crippen LogP contribution in [0.15, 0.2) is 6.20 Å². The number of carboxylic acids is 1. The molecule has 0 fully saturated rings. The van der Waals surface area contributed by atoms with E-state index in [2.05, 4.69) is 10.1 Å². The fourth-order valence-corrected chi connectivity index (χ4v) is 2.50. The number of hydrogen-bond donors (Lipinski definition) is 1. The number of carbonyl (C=O) groups is 2. The Kier molecular flexibility index (Phi) is 5.51. The van der Waals surface area contributed by atoms with Gasteiger partial charge in [-0.15, -0.1) is 0 Å². The predicted molar refractivity (Wildman–Crippen MR) is 80.3 cm³/mol. The first-order valence-corrected chi connectivity index (χ1v) is 7.45. The van der Waals surface area contributed by atoms with E-state index < -0.39 is 31.1 Å². The van der Waals surface area contributed by atoms with E-state index in [0.717, 1.165) is 6.92 Å². The van der Waals surface area contributed by atoms with Gasteiger partial charge in [-0.2, -0.15) is 18.3 Å². The summed E-state index contributed by atoms with van der Waals surface area (Å²) in [5.74, 6) is -2.01. The molecule has 25 heavy (non-hydrogen) atoms. The molecule has 11 heteroatoms. The van der Waals surface area contributed by atoms with Gasteiger partial charge in [0.2, 0.25) is 0 Å². The number of esters is 1. The van der Waals surface area contributed by atoms with E-state index in [4.69, 9.17) is 16.3 Å². The van der Waals surface area contributed by atoms with Crippen LogP contribution in [0.3, 0.4) is 0 Å². The van der Waals surface area contributed by atoms with Crippen molar-refractivity contribution >= 4 is 34.6 Å². The summed E-state index contributed by atoms with van der Waals surface area (Å²) in [5.41, 5.74) is -0.331. The highest BCUT2D eigenvalue weighted by Gasteiger charge is 2.27. The number of halogens is 4. The molecule has 0 saturated carbocycles. The summed E-state index contributed by atoms with van der Waals surface area (Å²) < 4.78 is 42.8. The highest BCUT2D eigenvalue weighted by Crippen LogP contribution is 2.29. The molecule has 0 aliphatic heterocycles. The van der Waals surface area contributed by atoms with E-state index >= 15 is 0 Å². The SMILES string of the molecule is CC(=O)OCc1nc2c(cnn2CCCC(F)(F)F)c(Cl)c1C(=O)O. The van der Waals surface area contributed by atoms with Crippen LogP contribution in [0.25, 0.3) is 11.0 Å². The maximum absolute atomic E-state index is 12.3. The average molecular weight is 380 g/mol. The van der Waals surface area contributed by atoms with E-state index in [1.54, 1.807) is 0 Å². The number of pyridine rings is 1. The van der Waals surface area contributed by atoms with E-state index in [1.807, 2.05) is 0 Å². The number of nitrogens with zero attached hydrogens (tertiary/aromatic N) is 3. The zero-order valence-electron chi connectivity index (χ0n) is 12.9. The predicted octanol–water partition coefficient (Wildman–Crippen LogP) is 3.19. The zero-order chi connectivity index (χ0) is 18.8. The smallest absolute Gasteiger partial charge is 0.389 e. The number of aromatic carboxylic acids is 1. The minimum Gasteiger partial charge on any atom is -0.478 e. The summed E-state index contributed by atoms with van der Waals surface area (Å²) in [7, 11) is 0. The summed E-state index contributed by atoms with van der Waals surface area (Å²) in [4.78, 5) is 26.4. The maximum atomic E-state index is 12.3. The van der Waals surface area contributed by atoms with Crippen molar-refractivity contribution in [3.05, 3.63) is 22.5 Å². The number of rotatable bonds is 6. The van der Waals surface area contributed by atoms with Crippen LogP contribution < -0.4 is 0 Å². The number of alkyl halides is 3. The van der Waals surface area contributed by atoms with Gasteiger partial charge in [-0.3, -0.25) is 4.79 Å². The fraction of sp³-hybridized carbons (Fsp3) is 0.429. The third kappa shape index (κ3) is 4.59. The van der Waals surface area contributed by atoms with Crippen LogP contribution in [0, 0.1) is 0 Å². The second-order valence-electron chi connectivity index (χ2n) is 5.16. The Labute approximate surface area is 144 Å². The molecule has 0 saturated heterocycles. The van der Waals surface area contributed by atoms with Crippen LogP contribution in [0.4, 0.5) is 13.2 Å². The topological polar surface area (TPSA) is 94.3 Å². The summed E-state index contributed by atoms with van der Waals surface area (Å²) in [6, 6.07) is 0. The number of aryl methyl sites for hydroxylation is 1. The van der Waals surface area contributed by atoms with Crippen LogP contribution in [-0.2, 0) is 22.7 Å². The standard InChI is InChI=1S/C14H13ClF3N3O4/c1-7(22)25-6-9-10(13(23)24)11(15)8-5-19-21(12(8)20-9)4-2-3-14(16,17)18/h5H,2-4,6H2,1H3,(H,23,24). The van der Waals surface area contributed by atoms with Crippen molar-refractivity contribution in [1.29, 1.82) is 0 Å². The van der Waals surface area contributed by atoms with Crippen molar-refractivity contribution < 1.29 is 32.6 Å². The van der Waals surface area contributed by atoms with Gasteiger partial charge in [0, 0.05) is 19.9 Å². The lowest BCUT2D eigenvalue weighted by Gasteiger charge is -2.10. The van der Waals surface area contributed by atoms with E-state index in [-0.39, 0.29) is 40.3 Å². The van der Waals surface area contributed by atoms with Crippen molar-refractivity contribution in [3.8, 4) is 0 Å². The van der Waals surface area contributed by atoms with Gasteiger partial charge in [-0.25, -0.2) is 14.5 Å². The minimum absolute atomic E-state index is 0.0776. The summed E-state index contributed by atoms with van der Waals surface area (Å²) in [5, 5.41) is 13.2. The number of hydrogen-bond acceptors (Lipinski definition) is 5. The van der Waals surface area contributed by atoms with E-state index in [1.165, 1.54) is 10.9 Å². The van der Waals surface area contributed by atoms with Crippen molar-refractivity contribution in [1.82, 2.24) is 14.8 Å². The third-order valence-corrected chi connectivity index (χ3v) is 3.65. The van der Waals surface area contributed by atoms with Crippen molar-refractivity contribution in [3.63, 3.8) is 0 Å². The highest BCUT2D eigenvalue weighted by atomic mass is 35.5. The Morgan fingerprint density at radius 2 is 2.08 bits per heavy atom. The van der Waals surface area contributed by atoms with Gasteiger partial charge in [0.1, 0.15) is 12.2 Å². The fourth-order valence-electron chi connectivity index (χ4n) is 2.18. The zero-order valence-corrected chi connectivity index (χ0v) is 13.7. The normalized spacial score (nSPS) is 11.7. The molecule has 2 heterocycles. The molecule has 0 aliphatic carbocycles. The molecular weight excluding hydrogens is 367 g/mol. The molecular formula is C14H13ClF3N3O4. The molecule has 0 unspecified atom stereocenters. The van der Waals surface area contributed by atoms with Gasteiger partial charge in [-0.05, 0) is 6.42 Å². The third-order valence-electron chi connectivity index (χ3n) is 3.25. The molecule has 0 atom stereocenters. The van der Waals surface area contributed by atoms with Crippen LogP contribution in [0.5, 0.6) is 0 Å². The number of fused-ring (bicyclic) bond motifs is 1. The molecule has 136 valence electrons. The molecule has 0 radical (unpaired) electrons. The van der Waals surface area contributed by atoms with Gasteiger partial charge in [0.15, 0.2) is 5.65 Å². The summed E-state index contributed by atoms with van der Waals surface area (Å²) in [6.45, 7) is 0.633. The lowest BCUT2D eigenvalue weighted by molar-refractivity contribution is -0.142. The first kappa shape index (κ1) is 19.0. The second-order valence-corrected chi connectivity index (χ2v) is 5.53. The van der Waals surface area contributed by atoms with Crippen LogP contribution in [0.2, 0.25) is 5.02 Å². The van der Waals surface area contributed by atoms with Crippen molar-refractivity contribution in [2.45, 2.75) is 39.1 Å². The Morgan fingerprint density at radius 1 is 1.40 bits per heavy atom. The minimum atomic E-state index is -4.29. The number of carbonyl (C=O) groups excluding carboxylic acids is 1. The molecule has 2 aromatic rings. The molecule has 0 spiro atoms. The van der Waals surface area contributed by atoms with Crippen LogP contribution in [-0.4, -0.2) is 38.0 Å². The molecule has 1 N–H and O–H groups in total. The first-order valence-electron chi connectivity index (χ1n) is 7.07. The van der Waals surface area contributed by atoms with Crippen LogP contribution >= 0.6 is 11.6 Å². The second kappa shape index (κ2) is 7.26. The molecule has 0 bridgehead atoms. The van der Waals surface area contributed by atoms with E-state index in [9.17, 15) is 27.9 Å². The highest BCUT2D eigenvalue weighted by molar-refractivity contribution is 6.38. The molecule has 2 rings (SSSR count). The lowest BCUT2D eigenvalue weighted by Crippen LogP contribution is -2.12. The van der Waals surface area contributed by atoms with Crippen LogP contribution in [0.1, 0.15) is 35.8 Å². The average Bonchev–Trinajstić information content (AvgIpc) is 2.87. The van der Waals surface area contributed by atoms with Crippen molar-refractivity contribution in [2.24, 2.45) is 0 Å². The Bertz CT molecular complexity index is 820. The molecule has 0 amide bonds. The van der Waals surface area contributed by atoms with Gasteiger partial charge in [0.05, 0.1) is 22.3 Å². The molecule has 2 aromatic heterocycles. The Hall–Kier alpha value is -2.36. The Morgan fingerprint density at radius 3 is 2.64 bits per heavy atom. The molecule has 0 aliphatic rings. The van der Waals surface area contributed by atoms with Crippen molar-refractivity contribution in [2.75, 3.05) is 0 Å². The first-order chi connectivity index (χ1) is 11.6. The van der Waals surface area contributed by atoms with E-state index in [0.29, 0.717) is 0 Å².